The molecular formula is C24H48O3. The van der Waals surface area contributed by atoms with E-state index in [1.165, 1.54) is 97.0 Å². The van der Waals surface area contributed by atoms with E-state index in [0.29, 0.717) is 6.42 Å². The lowest BCUT2D eigenvalue weighted by molar-refractivity contribution is -0.140. The minimum Gasteiger partial charge on any atom is -0.469 e. The Kier molecular flexibility index (Phi) is 21.3. The molecule has 0 bridgehead atoms. The number of methoxy groups -OCH3 is 1. The smallest absolute Gasteiger partial charge is 0.305 e. The number of rotatable bonds is 21. The third-order valence-corrected chi connectivity index (χ3v) is 5.54. The van der Waals surface area contributed by atoms with Crippen LogP contribution in [0.4, 0.5) is 0 Å². The molecule has 3 nitrogen and oxygen atoms in total. The number of hydrogen-bond acceptors (Lipinski definition) is 3. The molecule has 0 saturated heterocycles. The number of aliphatic hydroxyl groups is 1. The van der Waals surface area contributed by atoms with Crippen molar-refractivity contribution in [2.75, 3.05) is 7.11 Å². The van der Waals surface area contributed by atoms with E-state index in [4.69, 9.17) is 0 Å². The number of esters is 1. The molecule has 0 fully saturated rings. The van der Waals surface area contributed by atoms with Crippen molar-refractivity contribution in [1.82, 2.24) is 0 Å². The zero-order valence-electron chi connectivity index (χ0n) is 18.5. The Labute approximate surface area is 169 Å². The second kappa shape index (κ2) is 21.7. The summed E-state index contributed by atoms with van der Waals surface area (Å²) in [5, 5.41) is 9.96. The standard InChI is InChI=1S/C24H48O3/c1-3-4-5-6-7-8-9-10-11-12-13-14-15-16-17-20-23(25)21-18-19-22-24(26)27-2/h23,25H,3-22H2,1-2H3. The summed E-state index contributed by atoms with van der Waals surface area (Å²) in [7, 11) is 1.42. The predicted octanol–water partition coefficient (Wildman–Crippen LogP) is 7.34. The average Bonchev–Trinajstić information content (AvgIpc) is 2.68. The van der Waals surface area contributed by atoms with Crippen LogP contribution >= 0.6 is 0 Å². The molecule has 162 valence electrons. The number of aliphatic hydroxyl groups excluding tert-OH is 1. The highest BCUT2D eigenvalue weighted by Gasteiger charge is 2.05. The van der Waals surface area contributed by atoms with Crippen LogP contribution in [0.25, 0.3) is 0 Å². The van der Waals surface area contributed by atoms with E-state index in [2.05, 4.69) is 11.7 Å². The highest BCUT2D eigenvalue weighted by Crippen LogP contribution is 2.15. The van der Waals surface area contributed by atoms with Gasteiger partial charge in [-0.1, -0.05) is 110 Å². The normalized spacial score (nSPS) is 12.3. The van der Waals surface area contributed by atoms with Crippen molar-refractivity contribution in [3.05, 3.63) is 0 Å². The maximum absolute atomic E-state index is 11.0. The maximum atomic E-state index is 11.0. The summed E-state index contributed by atoms with van der Waals surface area (Å²) in [6.07, 6.45) is 24.4. The molecule has 0 aromatic heterocycles. The molecule has 0 heterocycles. The fourth-order valence-corrected chi connectivity index (χ4v) is 3.65. The average molecular weight is 385 g/mol. The van der Waals surface area contributed by atoms with Gasteiger partial charge in [0, 0.05) is 6.42 Å². The molecule has 0 amide bonds. The van der Waals surface area contributed by atoms with Gasteiger partial charge in [-0.05, 0) is 19.3 Å². The van der Waals surface area contributed by atoms with Crippen molar-refractivity contribution in [3.63, 3.8) is 0 Å². The Morgan fingerprint density at radius 3 is 1.44 bits per heavy atom. The lowest BCUT2D eigenvalue weighted by Gasteiger charge is -2.10. The van der Waals surface area contributed by atoms with Gasteiger partial charge in [0.1, 0.15) is 0 Å². The first-order valence-electron chi connectivity index (χ1n) is 12.0. The van der Waals surface area contributed by atoms with E-state index in [9.17, 15) is 9.90 Å². The van der Waals surface area contributed by atoms with Crippen molar-refractivity contribution in [1.29, 1.82) is 0 Å². The van der Waals surface area contributed by atoms with Crippen LogP contribution in [0, 0.1) is 0 Å². The molecule has 0 aliphatic heterocycles. The molecule has 0 aromatic rings. The first-order chi connectivity index (χ1) is 13.2. The molecule has 1 atom stereocenters. The molecule has 0 aliphatic carbocycles. The third kappa shape index (κ3) is 21.6. The molecule has 27 heavy (non-hydrogen) atoms. The van der Waals surface area contributed by atoms with Gasteiger partial charge in [-0.25, -0.2) is 0 Å². The Bertz CT molecular complexity index is 304. The summed E-state index contributed by atoms with van der Waals surface area (Å²) >= 11 is 0. The van der Waals surface area contributed by atoms with Crippen molar-refractivity contribution in [2.45, 2.75) is 141 Å². The quantitative estimate of drug-likeness (QED) is 0.166. The van der Waals surface area contributed by atoms with Gasteiger partial charge >= 0.3 is 5.97 Å². The van der Waals surface area contributed by atoms with Crippen LogP contribution in [0.5, 0.6) is 0 Å². The summed E-state index contributed by atoms with van der Waals surface area (Å²) in [6.45, 7) is 2.28. The highest BCUT2D eigenvalue weighted by molar-refractivity contribution is 5.68. The molecule has 0 saturated carbocycles. The third-order valence-electron chi connectivity index (χ3n) is 5.54. The zero-order valence-corrected chi connectivity index (χ0v) is 18.5. The summed E-state index contributed by atoms with van der Waals surface area (Å²) in [6, 6.07) is 0. The van der Waals surface area contributed by atoms with Gasteiger partial charge in [-0.3, -0.25) is 4.79 Å². The highest BCUT2D eigenvalue weighted by atomic mass is 16.5. The zero-order chi connectivity index (χ0) is 20.0. The van der Waals surface area contributed by atoms with E-state index in [0.717, 1.165) is 32.1 Å². The van der Waals surface area contributed by atoms with E-state index < -0.39 is 0 Å². The van der Waals surface area contributed by atoms with Gasteiger partial charge in [0.15, 0.2) is 0 Å². The number of carbonyl (C=O) groups excluding carboxylic acids is 1. The van der Waals surface area contributed by atoms with Crippen molar-refractivity contribution in [3.8, 4) is 0 Å². The van der Waals surface area contributed by atoms with E-state index in [1.54, 1.807) is 0 Å². The molecule has 3 heteroatoms. The summed E-state index contributed by atoms with van der Waals surface area (Å²) in [5.41, 5.74) is 0. The Balaban J connectivity index is 3.14. The first-order valence-corrected chi connectivity index (χ1v) is 12.0. The fourth-order valence-electron chi connectivity index (χ4n) is 3.65. The van der Waals surface area contributed by atoms with Gasteiger partial charge < -0.3 is 9.84 Å². The van der Waals surface area contributed by atoms with E-state index in [-0.39, 0.29) is 12.1 Å². The maximum Gasteiger partial charge on any atom is 0.305 e. The molecule has 0 aliphatic rings. The molecular weight excluding hydrogens is 336 g/mol. The summed E-state index contributed by atoms with van der Waals surface area (Å²) in [4.78, 5) is 11.0. The van der Waals surface area contributed by atoms with Gasteiger partial charge in [0.05, 0.1) is 13.2 Å². The van der Waals surface area contributed by atoms with Crippen LogP contribution in [0.3, 0.4) is 0 Å². The lowest BCUT2D eigenvalue weighted by atomic mass is 10.0. The van der Waals surface area contributed by atoms with Gasteiger partial charge in [0.2, 0.25) is 0 Å². The van der Waals surface area contributed by atoms with Crippen LogP contribution < -0.4 is 0 Å². The largest absolute Gasteiger partial charge is 0.469 e. The molecule has 1 N–H and O–H groups in total. The summed E-state index contributed by atoms with van der Waals surface area (Å²) in [5.74, 6) is -0.146. The second-order valence-corrected chi connectivity index (χ2v) is 8.21. The van der Waals surface area contributed by atoms with Gasteiger partial charge in [-0.2, -0.15) is 0 Å². The minimum atomic E-state index is -0.190. The minimum absolute atomic E-state index is 0.146. The molecule has 0 spiro atoms. The number of carbonyl (C=O) groups is 1. The van der Waals surface area contributed by atoms with E-state index in [1.807, 2.05) is 0 Å². The first kappa shape index (κ1) is 26.4. The van der Waals surface area contributed by atoms with Crippen molar-refractivity contribution >= 4 is 5.97 Å². The van der Waals surface area contributed by atoms with Crippen LogP contribution in [0.1, 0.15) is 135 Å². The molecule has 0 radical (unpaired) electrons. The monoisotopic (exact) mass is 384 g/mol. The predicted molar refractivity (Wildman–Crippen MR) is 116 cm³/mol. The number of unbranched alkanes of at least 4 members (excludes halogenated alkanes) is 15. The van der Waals surface area contributed by atoms with Crippen molar-refractivity contribution < 1.29 is 14.6 Å². The SMILES string of the molecule is CCCCCCCCCCCCCCCCCC(O)CCCCC(=O)OC. The topological polar surface area (TPSA) is 46.5 Å². The van der Waals surface area contributed by atoms with Crippen LogP contribution in [-0.4, -0.2) is 24.3 Å². The fraction of sp³-hybridized carbons (Fsp3) is 0.958. The Morgan fingerprint density at radius 1 is 0.667 bits per heavy atom. The Hall–Kier alpha value is -0.570. The molecule has 0 rings (SSSR count). The van der Waals surface area contributed by atoms with Crippen LogP contribution in [0.15, 0.2) is 0 Å². The van der Waals surface area contributed by atoms with Gasteiger partial charge in [0.25, 0.3) is 0 Å². The Morgan fingerprint density at radius 2 is 1.04 bits per heavy atom. The van der Waals surface area contributed by atoms with Gasteiger partial charge in [-0.15, -0.1) is 0 Å². The second-order valence-electron chi connectivity index (χ2n) is 8.21. The summed E-state index contributed by atoms with van der Waals surface area (Å²) < 4.78 is 4.62. The molecule has 0 aromatic carbocycles. The van der Waals surface area contributed by atoms with E-state index >= 15 is 0 Å². The lowest BCUT2D eigenvalue weighted by Crippen LogP contribution is -2.07. The number of ether oxygens (including phenoxy) is 1. The van der Waals surface area contributed by atoms with Crippen LogP contribution in [-0.2, 0) is 9.53 Å². The molecule has 1 unspecified atom stereocenters. The van der Waals surface area contributed by atoms with Crippen LogP contribution in [0.2, 0.25) is 0 Å². The van der Waals surface area contributed by atoms with Crippen molar-refractivity contribution in [2.24, 2.45) is 0 Å². The number of hydrogen-bond donors (Lipinski definition) is 1.